The van der Waals surface area contributed by atoms with E-state index in [2.05, 4.69) is 17.9 Å². The number of carboxylic acids is 1. The minimum atomic E-state index is -1.02. The molecule has 1 atom stereocenters. The van der Waals surface area contributed by atoms with Crippen molar-refractivity contribution in [2.45, 2.75) is 6.42 Å². The first-order valence-corrected chi connectivity index (χ1v) is 7.52. The fourth-order valence-corrected chi connectivity index (χ4v) is 2.41. The van der Waals surface area contributed by atoms with E-state index < -0.39 is 5.97 Å². The van der Waals surface area contributed by atoms with Gasteiger partial charge in [0.05, 0.1) is 11.5 Å². The van der Waals surface area contributed by atoms with Crippen LogP contribution < -0.4 is 5.32 Å². The van der Waals surface area contributed by atoms with Crippen LogP contribution in [-0.2, 0) is 11.2 Å². The molecular formula is C17H18NNaO3S. The van der Waals surface area contributed by atoms with Gasteiger partial charge in [-0.05, 0) is 30.2 Å². The van der Waals surface area contributed by atoms with Crippen molar-refractivity contribution in [1.82, 2.24) is 0 Å². The van der Waals surface area contributed by atoms with Crippen LogP contribution in [0.3, 0.4) is 0 Å². The molecule has 0 spiro atoms. The number of hydrogen-bond donors (Lipinski definition) is 3. The average molecular weight is 339 g/mol. The molecule has 0 aliphatic carbocycles. The van der Waals surface area contributed by atoms with E-state index in [0.29, 0.717) is 17.9 Å². The molecule has 2 aromatic rings. The zero-order valence-corrected chi connectivity index (χ0v) is 12.8. The van der Waals surface area contributed by atoms with Gasteiger partial charge in [-0.3, -0.25) is 4.79 Å². The molecule has 116 valence electrons. The first kappa shape index (κ1) is 19.8. The van der Waals surface area contributed by atoms with Crippen molar-refractivity contribution in [3.05, 3.63) is 65.7 Å². The van der Waals surface area contributed by atoms with Crippen molar-refractivity contribution in [3.63, 3.8) is 0 Å². The molecule has 0 aromatic heterocycles. The third kappa shape index (κ3) is 6.03. The van der Waals surface area contributed by atoms with Gasteiger partial charge in [-0.15, -0.1) is 0 Å². The molecule has 6 heteroatoms. The van der Waals surface area contributed by atoms with Crippen LogP contribution in [0.2, 0.25) is 0 Å². The number of carbonyl (C=O) groups is 2. The first-order chi connectivity index (χ1) is 10.6. The number of hydrogen-bond acceptors (Lipinski definition) is 3. The molecule has 23 heavy (non-hydrogen) atoms. The monoisotopic (exact) mass is 339 g/mol. The average Bonchev–Trinajstić information content (AvgIpc) is 2.53. The van der Waals surface area contributed by atoms with Crippen molar-refractivity contribution < 1.29 is 14.7 Å². The summed E-state index contributed by atoms with van der Waals surface area (Å²) in [4.78, 5) is 23.3. The van der Waals surface area contributed by atoms with Gasteiger partial charge in [0.15, 0.2) is 0 Å². The summed E-state index contributed by atoms with van der Waals surface area (Å²) in [5, 5.41) is 11.7. The van der Waals surface area contributed by atoms with Gasteiger partial charge in [-0.25, -0.2) is 4.79 Å². The van der Waals surface area contributed by atoms with Gasteiger partial charge < -0.3 is 10.4 Å². The number of anilines is 1. The van der Waals surface area contributed by atoms with Crippen LogP contribution in [0.1, 0.15) is 15.9 Å². The van der Waals surface area contributed by atoms with Crippen molar-refractivity contribution in [2.24, 2.45) is 5.92 Å². The van der Waals surface area contributed by atoms with Crippen LogP contribution in [0.4, 0.5) is 5.69 Å². The number of benzene rings is 2. The SMILES string of the molecule is O=C(O)c1cccc(NC(=O)C(CS)Cc2ccccc2)c1.[NaH]. The maximum atomic E-state index is 12.3. The zero-order chi connectivity index (χ0) is 15.9. The molecule has 2 aromatic carbocycles. The number of carboxylic acid groups (broad SMARTS) is 1. The Labute approximate surface area is 163 Å². The van der Waals surface area contributed by atoms with Crippen LogP contribution in [-0.4, -0.2) is 52.3 Å². The second-order valence-corrected chi connectivity index (χ2v) is 5.31. The van der Waals surface area contributed by atoms with Gasteiger partial charge in [0.2, 0.25) is 5.91 Å². The maximum absolute atomic E-state index is 12.3. The molecule has 2 rings (SSSR count). The quantitative estimate of drug-likeness (QED) is 0.559. The Balaban J connectivity index is 0.00000264. The van der Waals surface area contributed by atoms with Gasteiger partial charge >= 0.3 is 35.5 Å². The fraction of sp³-hybridized carbons (Fsp3) is 0.176. The molecule has 0 aliphatic heterocycles. The van der Waals surface area contributed by atoms with Gasteiger partial charge in [-0.1, -0.05) is 36.4 Å². The van der Waals surface area contributed by atoms with E-state index >= 15 is 0 Å². The predicted molar refractivity (Wildman–Crippen MR) is 96.7 cm³/mol. The Hall–Kier alpha value is -1.27. The van der Waals surface area contributed by atoms with E-state index in [4.69, 9.17) is 5.11 Å². The number of carbonyl (C=O) groups excluding carboxylic acids is 1. The third-order valence-electron chi connectivity index (χ3n) is 3.29. The second-order valence-electron chi connectivity index (χ2n) is 4.94. The van der Waals surface area contributed by atoms with Crippen LogP contribution >= 0.6 is 12.6 Å². The van der Waals surface area contributed by atoms with E-state index in [1.165, 1.54) is 12.1 Å². The number of nitrogens with one attached hydrogen (secondary N) is 1. The molecule has 2 N–H and O–H groups in total. The normalized spacial score (nSPS) is 11.2. The summed E-state index contributed by atoms with van der Waals surface area (Å²) in [5.74, 6) is -1.05. The summed E-state index contributed by atoms with van der Waals surface area (Å²) in [7, 11) is 0. The Morgan fingerprint density at radius 3 is 2.39 bits per heavy atom. The van der Waals surface area contributed by atoms with Crippen LogP contribution in [0, 0.1) is 5.92 Å². The molecule has 0 aliphatic rings. The van der Waals surface area contributed by atoms with Gasteiger partial charge in [-0.2, -0.15) is 12.6 Å². The summed E-state index contributed by atoms with van der Waals surface area (Å²) < 4.78 is 0. The molecule has 1 unspecified atom stereocenters. The Morgan fingerprint density at radius 1 is 1.09 bits per heavy atom. The predicted octanol–water partition coefficient (Wildman–Crippen LogP) is 2.46. The van der Waals surface area contributed by atoms with Gasteiger partial charge in [0.25, 0.3) is 0 Å². The molecule has 0 saturated heterocycles. The standard InChI is InChI=1S/C17H17NO3S.Na.H/c19-16(14(11-22)9-12-5-2-1-3-6-12)18-15-8-4-7-13(10-15)17(20)21;;/h1-8,10,14,22H,9,11H2,(H,18,19)(H,20,21);;. The van der Waals surface area contributed by atoms with E-state index in [1.807, 2.05) is 30.3 Å². The summed E-state index contributed by atoms with van der Waals surface area (Å²) >= 11 is 4.25. The van der Waals surface area contributed by atoms with Gasteiger partial charge in [0.1, 0.15) is 0 Å². The fourth-order valence-electron chi connectivity index (χ4n) is 2.11. The topological polar surface area (TPSA) is 66.4 Å². The summed E-state index contributed by atoms with van der Waals surface area (Å²) in [6.45, 7) is 0. The molecule has 4 nitrogen and oxygen atoms in total. The zero-order valence-electron chi connectivity index (χ0n) is 11.9. The molecule has 0 heterocycles. The van der Waals surface area contributed by atoms with Gasteiger partial charge in [0, 0.05) is 11.4 Å². The summed E-state index contributed by atoms with van der Waals surface area (Å²) in [6.07, 6.45) is 0.592. The van der Waals surface area contributed by atoms with E-state index in [0.717, 1.165) is 5.56 Å². The van der Waals surface area contributed by atoms with Crippen LogP contribution in [0.25, 0.3) is 0 Å². The van der Waals surface area contributed by atoms with E-state index in [9.17, 15) is 9.59 Å². The minimum absolute atomic E-state index is 0. The van der Waals surface area contributed by atoms with Crippen LogP contribution in [0.5, 0.6) is 0 Å². The first-order valence-electron chi connectivity index (χ1n) is 6.89. The summed E-state index contributed by atoms with van der Waals surface area (Å²) in [6, 6.07) is 15.9. The Morgan fingerprint density at radius 2 is 1.78 bits per heavy atom. The third-order valence-corrected chi connectivity index (χ3v) is 3.73. The molecular weight excluding hydrogens is 321 g/mol. The van der Waals surface area contributed by atoms with E-state index in [-0.39, 0.29) is 46.9 Å². The summed E-state index contributed by atoms with van der Waals surface area (Å²) in [5.41, 5.74) is 1.68. The molecule has 0 radical (unpaired) electrons. The van der Waals surface area contributed by atoms with Crippen LogP contribution in [0.15, 0.2) is 54.6 Å². The van der Waals surface area contributed by atoms with Crippen molar-refractivity contribution >= 4 is 59.7 Å². The number of amides is 1. The number of rotatable bonds is 6. The van der Waals surface area contributed by atoms with E-state index in [1.54, 1.807) is 12.1 Å². The Kier molecular flexibility index (Phi) is 8.41. The molecule has 0 saturated carbocycles. The molecule has 0 fully saturated rings. The molecule has 1 amide bonds. The van der Waals surface area contributed by atoms with Crippen molar-refractivity contribution in [3.8, 4) is 0 Å². The Bertz CT molecular complexity index is 664. The van der Waals surface area contributed by atoms with Crippen molar-refractivity contribution in [1.29, 1.82) is 0 Å². The second kappa shape index (κ2) is 9.78. The van der Waals surface area contributed by atoms with Crippen molar-refractivity contribution in [2.75, 3.05) is 11.1 Å². The molecule has 0 bridgehead atoms. The number of thiol groups is 1. The number of aromatic carboxylic acids is 1.